The number of nitrogens with zero attached hydrogens (tertiary/aromatic N) is 4. The van der Waals surface area contributed by atoms with Crippen LogP contribution in [0, 0.1) is 0 Å². The lowest BCUT2D eigenvalue weighted by atomic mass is 10.1. The summed E-state index contributed by atoms with van der Waals surface area (Å²) in [6.45, 7) is 1.14. The number of alkyl halides is 6. The average molecular weight is 549 g/mol. The van der Waals surface area contributed by atoms with E-state index in [4.69, 9.17) is 4.74 Å². The molecule has 0 unspecified atom stereocenters. The van der Waals surface area contributed by atoms with Gasteiger partial charge in [-0.25, -0.2) is 4.79 Å². The number of benzene rings is 2. The molecule has 1 amide bonds. The van der Waals surface area contributed by atoms with Crippen molar-refractivity contribution in [1.29, 1.82) is 0 Å². The second kappa shape index (κ2) is 10.8. The van der Waals surface area contributed by atoms with Crippen molar-refractivity contribution >= 4 is 28.3 Å². The topological polar surface area (TPSA) is 97.4 Å². The van der Waals surface area contributed by atoms with E-state index in [1.165, 1.54) is 4.90 Å². The normalized spacial score (nSPS) is 16.2. The number of carbonyl (C=O) groups is 1. The molecule has 1 fully saturated rings. The summed E-state index contributed by atoms with van der Waals surface area (Å²) in [6.07, 6.45) is -10.8. The van der Waals surface area contributed by atoms with Crippen LogP contribution in [0.5, 0.6) is 0 Å². The third-order valence-corrected chi connectivity index (χ3v) is 7.13. The highest BCUT2D eigenvalue weighted by Gasteiger charge is 2.37. The zero-order valence-electron chi connectivity index (χ0n) is 19.1. The predicted octanol–water partition coefficient (Wildman–Crippen LogP) is 4.06. The van der Waals surface area contributed by atoms with Gasteiger partial charge in [0, 0.05) is 38.8 Å². The van der Waals surface area contributed by atoms with Crippen molar-refractivity contribution in [3.63, 3.8) is 0 Å². The van der Waals surface area contributed by atoms with Crippen LogP contribution >= 0.6 is 0 Å². The zero-order valence-corrected chi connectivity index (χ0v) is 19.9. The molecule has 4 rings (SSSR count). The number of aromatic amines is 1. The number of rotatable bonds is 6. The number of amides is 1. The van der Waals surface area contributed by atoms with Crippen LogP contribution in [0.15, 0.2) is 41.3 Å². The van der Waals surface area contributed by atoms with Gasteiger partial charge >= 0.3 is 18.4 Å². The molecule has 0 radical (unpaired) electrons. The standard InChI is InChI=1S/C22H21F6N5O3S/c23-21(24,25)15-9-14(10-16(11-15)22(26,27)28)13-36-20(34)33-5-3-32(4-6-33)7-8-37(35)17-1-2-18-19(12-17)30-31-29-18/h1-2,9-12H,3-8,13H2,(H,29,30,31)/t37-/m1/s1. The van der Waals surface area contributed by atoms with E-state index in [1.54, 1.807) is 18.2 Å². The second-order valence-electron chi connectivity index (χ2n) is 8.34. The van der Waals surface area contributed by atoms with Gasteiger partial charge in [-0.15, -0.1) is 5.10 Å². The maximum absolute atomic E-state index is 13.0. The molecule has 1 aromatic heterocycles. The van der Waals surface area contributed by atoms with Crippen LogP contribution in [-0.2, 0) is 34.9 Å². The van der Waals surface area contributed by atoms with Gasteiger partial charge in [0.25, 0.3) is 0 Å². The highest BCUT2D eigenvalue weighted by Crippen LogP contribution is 2.36. The minimum atomic E-state index is -4.98. The van der Waals surface area contributed by atoms with Gasteiger partial charge in [0.15, 0.2) is 4.90 Å². The molecule has 1 saturated heterocycles. The maximum Gasteiger partial charge on any atom is 0.416 e. The molecule has 2 heterocycles. The first-order chi connectivity index (χ1) is 17.4. The fourth-order valence-corrected chi connectivity index (χ4v) is 4.92. The summed E-state index contributed by atoms with van der Waals surface area (Å²) in [4.78, 5) is 16.3. The third-order valence-electron chi connectivity index (χ3n) is 5.79. The molecule has 1 aliphatic rings. The minimum absolute atomic E-state index is 0.0183. The van der Waals surface area contributed by atoms with Crippen LogP contribution in [0.4, 0.5) is 31.1 Å². The summed E-state index contributed by atoms with van der Waals surface area (Å²) in [6, 6.07) is 6.24. The summed E-state index contributed by atoms with van der Waals surface area (Å²) in [5.41, 5.74) is -2.02. The van der Waals surface area contributed by atoms with Gasteiger partial charge in [0.1, 0.15) is 17.9 Å². The number of ether oxygens (including phenoxy) is 1. The summed E-state index contributed by atoms with van der Waals surface area (Å²) >= 11 is -1.27. The summed E-state index contributed by atoms with van der Waals surface area (Å²) < 4.78 is 95.7. The van der Waals surface area contributed by atoms with Crippen LogP contribution in [0.1, 0.15) is 16.7 Å². The third kappa shape index (κ3) is 6.84. The summed E-state index contributed by atoms with van der Waals surface area (Å²) in [5.74, 6) is 0.356. The molecule has 3 aromatic rings. The van der Waals surface area contributed by atoms with Crippen LogP contribution < -0.4 is 0 Å². The van der Waals surface area contributed by atoms with Gasteiger partial charge < -0.3 is 14.2 Å². The zero-order chi connectivity index (χ0) is 26.8. The molecule has 200 valence electrons. The quantitative estimate of drug-likeness (QED) is 0.368. The number of fused-ring (bicyclic) bond motifs is 1. The number of halogens is 6. The minimum Gasteiger partial charge on any atom is -0.611 e. The molecule has 0 spiro atoms. The first-order valence-electron chi connectivity index (χ1n) is 11.0. The Balaban J connectivity index is 1.26. The summed E-state index contributed by atoms with van der Waals surface area (Å²) in [5, 5.41) is 10.3. The van der Waals surface area contributed by atoms with Crippen LogP contribution in [0.2, 0.25) is 0 Å². The van der Waals surface area contributed by atoms with Crippen molar-refractivity contribution in [3.8, 4) is 0 Å². The lowest BCUT2D eigenvalue weighted by Crippen LogP contribution is -2.49. The highest BCUT2D eigenvalue weighted by atomic mass is 32.2. The number of hydrogen-bond donors (Lipinski definition) is 1. The molecular weight excluding hydrogens is 528 g/mol. The van der Waals surface area contributed by atoms with Crippen LogP contribution in [0.25, 0.3) is 11.0 Å². The van der Waals surface area contributed by atoms with E-state index in [0.717, 1.165) is 0 Å². The molecule has 2 aromatic carbocycles. The van der Waals surface area contributed by atoms with Crippen LogP contribution in [0.3, 0.4) is 0 Å². The molecule has 1 atom stereocenters. The van der Waals surface area contributed by atoms with E-state index in [-0.39, 0.29) is 19.2 Å². The Morgan fingerprint density at radius 2 is 1.65 bits per heavy atom. The molecule has 0 saturated carbocycles. The molecule has 37 heavy (non-hydrogen) atoms. The average Bonchev–Trinajstić information content (AvgIpc) is 3.33. The lowest BCUT2D eigenvalue weighted by Gasteiger charge is -2.33. The number of nitrogens with one attached hydrogen (secondary N) is 1. The first-order valence-corrected chi connectivity index (χ1v) is 12.3. The van der Waals surface area contributed by atoms with E-state index in [2.05, 4.69) is 15.4 Å². The smallest absolute Gasteiger partial charge is 0.416 e. The van der Waals surface area contributed by atoms with Crippen molar-refractivity contribution in [3.05, 3.63) is 53.1 Å². The molecule has 1 N–H and O–H groups in total. The second-order valence-corrected chi connectivity index (χ2v) is 9.91. The van der Waals surface area contributed by atoms with Gasteiger partial charge in [0.05, 0.1) is 16.6 Å². The monoisotopic (exact) mass is 549 g/mol. The van der Waals surface area contributed by atoms with Crippen molar-refractivity contribution in [1.82, 2.24) is 25.2 Å². The van der Waals surface area contributed by atoms with E-state index < -0.39 is 52.9 Å². The van der Waals surface area contributed by atoms with Crippen molar-refractivity contribution in [2.75, 3.05) is 38.5 Å². The van der Waals surface area contributed by atoms with E-state index in [0.29, 0.717) is 53.4 Å². The Hall–Kier alpha value is -3.04. The first kappa shape index (κ1) is 27.0. The number of hydrogen-bond acceptors (Lipinski definition) is 6. The SMILES string of the molecule is O=C(OCc1cc(C(F)(F)F)cc(C(F)(F)F)c1)N1CCN(CC[S@@+]([O-])c2ccc3nn[nH]c3c2)CC1. The van der Waals surface area contributed by atoms with E-state index in [1.807, 2.05) is 4.90 Å². The molecule has 0 aliphatic carbocycles. The fourth-order valence-electron chi connectivity index (χ4n) is 3.79. The Morgan fingerprint density at radius 3 is 2.27 bits per heavy atom. The largest absolute Gasteiger partial charge is 0.611 e. The molecule has 0 bridgehead atoms. The number of piperazine rings is 1. The number of carbonyl (C=O) groups excluding carboxylic acids is 1. The van der Waals surface area contributed by atoms with Gasteiger partial charge in [-0.3, -0.25) is 10.00 Å². The number of aromatic nitrogens is 3. The molecule has 8 nitrogen and oxygen atoms in total. The van der Waals surface area contributed by atoms with Gasteiger partial charge in [-0.2, -0.15) is 26.3 Å². The predicted molar refractivity (Wildman–Crippen MR) is 120 cm³/mol. The maximum atomic E-state index is 13.0. The van der Waals surface area contributed by atoms with Gasteiger partial charge in [0.2, 0.25) is 0 Å². The number of H-pyrrole nitrogens is 1. The van der Waals surface area contributed by atoms with Gasteiger partial charge in [-0.05, 0) is 47.1 Å². The van der Waals surface area contributed by atoms with Crippen molar-refractivity contribution < 1.29 is 40.4 Å². The Morgan fingerprint density at radius 1 is 1.00 bits per heavy atom. The molecular formula is C22H21F6N5O3S. The van der Waals surface area contributed by atoms with E-state index >= 15 is 0 Å². The van der Waals surface area contributed by atoms with Crippen molar-refractivity contribution in [2.45, 2.75) is 23.9 Å². The van der Waals surface area contributed by atoms with E-state index in [9.17, 15) is 35.7 Å². The molecule has 15 heteroatoms. The summed E-state index contributed by atoms with van der Waals surface area (Å²) in [7, 11) is 0. The Labute approximate surface area is 209 Å². The Bertz CT molecular complexity index is 1210. The Kier molecular flexibility index (Phi) is 7.85. The highest BCUT2D eigenvalue weighted by molar-refractivity contribution is 7.91. The van der Waals surface area contributed by atoms with Crippen molar-refractivity contribution in [2.24, 2.45) is 0 Å². The van der Waals surface area contributed by atoms with Gasteiger partial charge in [-0.1, -0.05) is 5.21 Å². The van der Waals surface area contributed by atoms with Crippen LogP contribution in [-0.4, -0.2) is 74.3 Å². The molecule has 1 aliphatic heterocycles. The fraction of sp³-hybridized carbons (Fsp3) is 0.409. The lowest BCUT2D eigenvalue weighted by molar-refractivity contribution is -0.143.